The molecule has 7 heteroatoms. The Kier molecular flexibility index (Phi) is 5.93. The summed E-state index contributed by atoms with van der Waals surface area (Å²) in [5.41, 5.74) is 0.379. The molecule has 1 saturated heterocycles. The first-order valence-corrected chi connectivity index (χ1v) is 9.56. The minimum atomic E-state index is -0.353. The maximum atomic E-state index is 12.7. The zero-order chi connectivity index (χ0) is 17.8. The lowest BCUT2D eigenvalue weighted by atomic mass is 10.2. The van der Waals surface area contributed by atoms with E-state index < -0.39 is 0 Å². The first kappa shape index (κ1) is 18.2. The molecule has 1 atom stereocenters. The van der Waals surface area contributed by atoms with Gasteiger partial charge in [-0.3, -0.25) is 4.79 Å². The summed E-state index contributed by atoms with van der Waals surface area (Å²) in [4.78, 5) is 18.8. The van der Waals surface area contributed by atoms with Crippen molar-refractivity contribution in [2.24, 2.45) is 4.99 Å². The molecule has 3 rings (SSSR count). The average Bonchev–Trinajstić information content (AvgIpc) is 3.20. The number of amides is 1. The van der Waals surface area contributed by atoms with Gasteiger partial charge in [-0.25, -0.2) is 0 Å². The lowest BCUT2D eigenvalue weighted by molar-refractivity contribution is 0.0948. The summed E-state index contributed by atoms with van der Waals surface area (Å²) in [5.74, 6) is 0.147. The third-order valence-electron chi connectivity index (χ3n) is 3.93. The molecule has 134 valence electrons. The van der Waals surface area contributed by atoms with Crippen LogP contribution >= 0.6 is 22.9 Å². The second kappa shape index (κ2) is 8.17. The van der Waals surface area contributed by atoms with E-state index in [-0.39, 0.29) is 12.0 Å². The Bertz CT molecular complexity index is 822. The molecule has 1 aromatic carbocycles. The molecular weight excluding hydrogens is 360 g/mol. The molecule has 0 aliphatic carbocycles. The van der Waals surface area contributed by atoms with Crippen LogP contribution in [-0.4, -0.2) is 29.8 Å². The van der Waals surface area contributed by atoms with Gasteiger partial charge in [0.05, 0.1) is 24.8 Å². The summed E-state index contributed by atoms with van der Waals surface area (Å²) in [6.07, 6.45) is 4.32. The van der Waals surface area contributed by atoms with Crippen LogP contribution in [0.4, 0.5) is 0 Å². The molecule has 1 aliphatic rings. The number of carbonyl (C=O) groups is 1. The maximum Gasteiger partial charge on any atom is 0.283 e. The van der Waals surface area contributed by atoms with Crippen LogP contribution in [0.3, 0.4) is 0 Å². The number of benzene rings is 1. The summed E-state index contributed by atoms with van der Waals surface area (Å²) in [5, 5.41) is 0.483. The van der Waals surface area contributed by atoms with Gasteiger partial charge in [-0.05, 0) is 44.9 Å². The van der Waals surface area contributed by atoms with Crippen LogP contribution in [0, 0.1) is 6.92 Å². The molecule has 5 nitrogen and oxygen atoms in total. The number of rotatable bonds is 5. The molecule has 1 amide bonds. The normalized spacial score (nSPS) is 17.9. The van der Waals surface area contributed by atoms with E-state index in [0.717, 1.165) is 24.3 Å². The van der Waals surface area contributed by atoms with Gasteiger partial charge in [-0.2, -0.15) is 4.99 Å². The van der Waals surface area contributed by atoms with E-state index in [2.05, 4.69) is 4.99 Å². The molecule has 0 bridgehead atoms. The van der Waals surface area contributed by atoms with E-state index in [0.29, 0.717) is 34.3 Å². The van der Waals surface area contributed by atoms with Crippen molar-refractivity contribution >= 4 is 28.8 Å². The van der Waals surface area contributed by atoms with Gasteiger partial charge in [0, 0.05) is 22.7 Å². The van der Waals surface area contributed by atoms with Gasteiger partial charge in [0.1, 0.15) is 5.75 Å². The van der Waals surface area contributed by atoms with Crippen LogP contribution < -0.4 is 9.54 Å². The van der Waals surface area contributed by atoms with Crippen LogP contribution in [0.2, 0.25) is 5.02 Å². The number of aromatic nitrogens is 1. The standard InChI is InChI=1S/C18H21ClN2O3S/c1-3-23-16-7-6-13(19)9-15(16)17(22)20-18-21(10-12(2)25-18)11-14-5-4-8-24-14/h6-7,9-10,14H,3-5,8,11H2,1-2H3/t14-/m1/s1. The number of carbonyl (C=O) groups excluding carboxylic acids is 1. The highest BCUT2D eigenvalue weighted by molar-refractivity contribution is 7.09. The van der Waals surface area contributed by atoms with E-state index in [1.54, 1.807) is 18.2 Å². The predicted octanol–water partition coefficient (Wildman–Crippen LogP) is 3.83. The van der Waals surface area contributed by atoms with Crippen molar-refractivity contribution in [2.45, 2.75) is 39.3 Å². The summed E-state index contributed by atoms with van der Waals surface area (Å²) >= 11 is 7.53. The van der Waals surface area contributed by atoms with Crippen LogP contribution in [0.25, 0.3) is 0 Å². The van der Waals surface area contributed by atoms with Crippen LogP contribution in [-0.2, 0) is 11.3 Å². The van der Waals surface area contributed by atoms with Crippen molar-refractivity contribution in [1.82, 2.24) is 4.57 Å². The third-order valence-corrected chi connectivity index (χ3v) is 5.10. The SMILES string of the molecule is CCOc1ccc(Cl)cc1C(=O)N=c1sc(C)cn1C[C@H]1CCCO1. The number of aryl methyl sites for hydroxylation is 1. The first-order valence-electron chi connectivity index (χ1n) is 8.36. The van der Waals surface area contributed by atoms with E-state index in [1.165, 1.54) is 11.3 Å². The van der Waals surface area contributed by atoms with Crippen LogP contribution in [0.1, 0.15) is 35.0 Å². The first-order chi connectivity index (χ1) is 12.1. The molecule has 0 saturated carbocycles. The Labute approximate surface area is 155 Å². The van der Waals surface area contributed by atoms with Crippen molar-refractivity contribution in [3.8, 4) is 5.75 Å². The number of halogens is 1. The topological polar surface area (TPSA) is 52.8 Å². The molecule has 2 aromatic rings. The average molecular weight is 381 g/mol. The predicted molar refractivity (Wildman–Crippen MR) is 98.5 cm³/mol. The second-order valence-electron chi connectivity index (χ2n) is 5.90. The molecule has 0 unspecified atom stereocenters. The van der Waals surface area contributed by atoms with Gasteiger partial charge in [0.25, 0.3) is 5.91 Å². The molecule has 1 aromatic heterocycles. The number of hydrogen-bond donors (Lipinski definition) is 0. The molecule has 0 radical (unpaired) electrons. The molecule has 25 heavy (non-hydrogen) atoms. The fourth-order valence-electron chi connectivity index (χ4n) is 2.83. The van der Waals surface area contributed by atoms with Gasteiger partial charge in [-0.1, -0.05) is 11.6 Å². The van der Waals surface area contributed by atoms with Crippen molar-refractivity contribution in [3.63, 3.8) is 0 Å². The van der Waals surface area contributed by atoms with Gasteiger partial charge in [0.2, 0.25) is 0 Å². The molecular formula is C18H21ClN2O3S. The molecule has 2 heterocycles. The fourth-order valence-corrected chi connectivity index (χ4v) is 3.84. The quantitative estimate of drug-likeness (QED) is 0.792. The fraction of sp³-hybridized carbons (Fsp3) is 0.444. The van der Waals surface area contributed by atoms with E-state index in [9.17, 15) is 4.79 Å². The van der Waals surface area contributed by atoms with Crippen LogP contribution in [0.5, 0.6) is 5.75 Å². The number of ether oxygens (including phenoxy) is 2. The Balaban J connectivity index is 1.92. The van der Waals surface area contributed by atoms with Gasteiger partial charge in [0.15, 0.2) is 4.80 Å². The number of hydrogen-bond acceptors (Lipinski definition) is 4. The molecule has 1 aliphatic heterocycles. The number of thiazole rings is 1. The monoisotopic (exact) mass is 380 g/mol. The summed E-state index contributed by atoms with van der Waals surface area (Å²) in [7, 11) is 0. The van der Waals surface area contributed by atoms with Crippen molar-refractivity contribution < 1.29 is 14.3 Å². The minimum absolute atomic E-state index is 0.188. The van der Waals surface area contributed by atoms with Gasteiger partial charge >= 0.3 is 0 Å². The Morgan fingerprint density at radius 3 is 3.08 bits per heavy atom. The van der Waals surface area contributed by atoms with Crippen molar-refractivity contribution in [3.05, 3.63) is 44.7 Å². The minimum Gasteiger partial charge on any atom is -0.493 e. The molecule has 0 N–H and O–H groups in total. The maximum absolute atomic E-state index is 12.7. The molecule has 0 spiro atoms. The highest BCUT2D eigenvalue weighted by Crippen LogP contribution is 2.24. The smallest absolute Gasteiger partial charge is 0.283 e. The summed E-state index contributed by atoms with van der Waals surface area (Å²) < 4.78 is 13.2. The van der Waals surface area contributed by atoms with Crippen molar-refractivity contribution in [1.29, 1.82) is 0 Å². The third kappa shape index (κ3) is 4.51. The van der Waals surface area contributed by atoms with E-state index in [1.807, 2.05) is 24.6 Å². The highest BCUT2D eigenvalue weighted by atomic mass is 35.5. The lowest BCUT2D eigenvalue weighted by Crippen LogP contribution is -2.23. The highest BCUT2D eigenvalue weighted by Gasteiger charge is 2.18. The van der Waals surface area contributed by atoms with E-state index >= 15 is 0 Å². The number of nitrogens with zero attached hydrogens (tertiary/aromatic N) is 2. The van der Waals surface area contributed by atoms with E-state index in [4.69, 9.17) is 21.1 Å². The Morgan fingerprint density at radius 1 is 1.52 bits per heavy atom. The lowest BCUT2D eigenvalue weighted by Gasteiger charge is -2.10. The Morgan fingerprint density at radius 2 is 2.36 bits per heavy atom. The summed E-state index contributed by atoms with van der Waals surface area (Å²) in [6, 6.07) is 5.01. The zero-order valence-corrected chi connectivity index (χ0v) is 15.9. The summed E-state index contributed by atoms with van der Waals surface area (Å²) in [6.45, 7) is 5.87. The van der Waals surface area contributed by atoms with Crippen molar-refractivity contribution in [2.75, 3.05) is 13.2 Å². The second-order valence-corrected chi connectivity index (χ2v) is 7.55. The largest absolute Gasteiger partial charge is 0.493 e. The van der Waals surface area contributed by atoms with Gasteiger partial charge in [-0.15, -0.1) is 11.3 Å². The van der Waals surface area contributed by atoms with Crippen LogP contribution in [0.15, 0.2) is 29.4 Å². The van der Waals surface area contributed by atoms with Gasteiger partial charge < -0.3 is 14.0 Å². The zero-order valence-electron chi connectivity index (χ0n) is 14.3. The molecule has 1 fully saturated rings. The Hall–Kier alpha value is -1.63.